The largest absolute Gasteiger partial charge is 0.457 e. The highest BCUT2D eigenvalue weighted by Crippen LogP contribution is 2.37. The standard InChI is InChI=1S/C15H12O.C14H10.C13H9N.C13H10O.C13H10/c16-15-13-7-3-1-5-11(13)9-10-12-6-2-4-8-14(12)15;1-2-6-12-10-14-8-4-3-7-13(14)9-11(12)5-1;2*1-3-7-12-10(5-1)9-11-6-2-4-8-13(11)14-12;1-3-7-12-10(5-1)9-11-6-2-4-8-13(11)12/h1-8H,9-10H2;1-10H;1-9H;1-8H,9H2;1-8H,9H2. The van der Waals surface area contributed by atoms with E-state index in [0.717, 1.165) is 59.3 Å². The number of pyridine rings is 1. The molecule has 0 saturated heterocycles. The van der Waals surface area contributed by atoms with Gasteiger partial charge >= 0.3 is 0 Å². The van der Waals surface area contributed by atoms with Gasteiger partial charge in [0.2, 0.25) is 0 Å². The first-order chi connectivity index (χ1) is 35.1. The maximum Gasteiger partial charge on any atom is 0.193 e. The Morgan fingerprint density at radius 3 is 1.01 bits per heavy atom. The highest BCUT2D eigenvalue weighted by Gasteiger charge is 2.20. The number of ketones is 1. The molecule has 11 aromatic carbocycles. The van der Waals surface area contributed by atoms with Gasteiger partial charge in [-0.2, -0.15) is 0 Å². The van der Waals surface area contributed by atoms with Gasteiger partial charge in [0.25, 0.3) is 0 Å². The second-order valence-corrected chi connectivity index (χ2v) is 18.0. The van der Waals surface area contributed by atoms with Crippen LogP contribution >= 0.6 is 0 Å². The summed E-state index contributed by atoms with van der Waals surface area (Å²) in [4.78, 5) is 16.9. The molecule has 0 atom stereocenters. The maximum atomic E-state index is 12.3. The summed E-state index contributed by atoms with van der Waals surface area (Å²) < 4.78 is 5.78. The zero-order valence-electron chi connectivity index (χ0n) is 39.4. The molecule has 12 aromatic rings. The Morgan fingerprint density at radius 1 is 0.282 bits per heavy atom. The zero-order chi connectivity index (χ0) is 47.8. The molecule has 1 aliphatic heterocycles. The molecule has 15 rings (SSSR count). The van der Waals surface area contributed by atoms with Gasteiger partial charge in [-0.25, -0.2) is 4.98 Å². The molecule has 2 aliphatic carbocycles. The second kappa shape index (κ2) is 20.7. The van der Waals surface area contributed by atoms with Crippen LogP contribution in [0.2, 0.25) is 0 Å². The quantitative estimate of drug-likeness (QED) is 0.142. The predicted octanol–water partition coefficient (Wildman–Crippen LogP) is 17.0. The van der Waals surface area contributed by atoms with Crippen molar-refractivity contribution in [3.63, 3.8) is 0 Å². The Bertz CT molecular complexity index is 3350. The number of nitrogens with zero attached hydrogens (tertiary/aromatic N) is 1. The van der Waals surface area contributed by atoms with Gasteiger partial charge < -0.3 is 4.74 Å². The van der Waals surface area contributed by atoms with E-state index < -0.39 is 0 Å². The van der Waals surface area contributed by atoms with Gasteiger partial charge in [-0.15, -0.1) is 0 Å². The van der Waals surface area contributed by atoms with Crippen molar-refractivity contribution >= 4 is 49.1 Å². The topological polar surface area (TPSA) is 39.2 Å². The van der Waals surface area contributed by atoms with Gasteiger partial charge in [-0.3, -0.25) is 4.79 Å². The van der Waals surface area contributed by atoms with Crippen molar-refractivity contribution in [3.05, 3.63) is 305 Å². The van der Waals surface area contributed by atoms with E-state index in [9.17, 15) is 4.79 Å². The van der Waals surface area contributed by atoms with E-state index in [1.165, 1.54) is 76.8 Å². The number of carbonyl (C=O) groups excluding carboxylic acids is 1. The van der Waals surface area contributed by atoms with Gasteiger partial charge in [0, 0.05) is 28.3 Å². The predicted molar refractivity (Wildman–Crippen MR) is 295 cm³/mol. The van der Waals surface area contributed by atoms with Crippen LogP contribution in [0.4, 0.5) is 0 Å². The molecule has 340 valence electrons. The molecular weight excluding hydrogens is 863 g/mol. The van der Waals surface area contributed by atoms with Crippen LogP contribution in [-0.4, -0.2) is 10.8 Å². The Kier molecular flexibility index (Phi) is 13.0. The number of ether oxygens (including phenoxy) is 1. The lowest BCUT2D eigenvalue weighted by atomic mass is 9.99. The lowest BCUT2D eigenvalue weighted by Crippen LogP contribution is -2.03. The van der Waals surface area contributed by atoms with E-state index in [1.54, 1.807) is 0 Å². The van der Waals surface area contributed by atoms with Crippen LogP contribution in [0.1, 0.15) is 49.3 Å². The van der Waals surface area contributed by atoms with Crippen molar-refractivity contribution < 1.29 is 9.53 Å². The second-order valence-electron chi connectivity index (χ2n) is 18.0. The summed E-state index contributed by atoms with van der Waals surface area (Å²) in [6.07, 6.45) is 4.00. The zero-order valence-corrected chi connectivity index (χ0v) is 39.4. The lowest BCUT2D eigenvalue weighted by molar-refractivity contribution is 0.103. The molecule has 0 radical (unpaired) electrons. The number of aromatic nitrogens is 1. The maximum absolute atomic E-state index is 12.3. The van der Waals surface area contributed by atoms with Crippen molar-refractivity contribution in [2.45, 2.75) is 25.7 Å². The minimum absolute atomic E-state index is 0.170. The van der Waals surface area contributed by atoms with E-state index in [0.29, 0.717) is 0 Å². The van der Waals surface area contributed by atoms with E-state index in [2.05, 4.69) is 169 Å². The minimum atomic E-state index is 0.170. The third-order valence-electron chi connectivity index (χ3n) is 13.5. The molecule has 0 spiro atoms. The molecule has 3 nitrogen and oxygen atoms in total. The van der Waals surface area contributed by atoms with Gasteiger partial charge in [0.05, 0.1) is 11.0 Å². The Balaban J connectivity index is 0.0000000964. The van der Waals surface area contributed by atoms with Crippen molar-refractivity contribution in [1.29, 1.82) is 0 Å². The van der Waals surface area contributed by atoms with E-state index in [-0.39, 0.29) is 5.78 Å². The van der Waals surface area contributed by atoms with Crippen LogP contribution in [0.5, 0.6) is 11.5 Å². The first kappa shape index (κ1) is 44.6. The number of carbonyl (C=O) groups is 1. The molecule has 0 unspecified atom stereocenters. The first-order valence-electron chi connectivity index (χ1n) is 24.4. The number of fused-ring (bicyclic) bond motifs is 11. The average Bonchev–Trinajstić information content (AvgIpc) is 3.75. The molecule has 2 heterocycles. The van der Waals surface area contributed by atoms with Crippen molar-refractivity contribution in [2.75, 3.05) is 0 Å². The van der Waals surface area contributed by atoms with Crippen LogP contribution in [0.15, 0.2) is 261 Å². The summed E-state index contributed by atoms with van der Waals surface area (Å²) >= 11 is 0. The summed E-state index contributed by atoms with van der Waals surface area (Å²) in [5.74, 6) is 2.15. The molecule has 1 aromatic heterocycles. The molecule has 0 fully saturated rings. The third kappa shape index (κ3) is 9.99. The molecule has 0 bridgehead atoms. The third-order valence-corrected chi connectivity index (χ3v) is 13.5. The van der Waals surface area contributed by atoms with Crippen molar-refractivity contribution in [2.24, 2.45) is 0 Å². The summed E-state index contributed by atoms with van der Waals surface area (Å²) in [5.41, 5.74) is 14.5. The van der Waals surface area contributed by atoms with Crippen LogP contribution in [0, 0.1) is 0 Å². The summed E-state index contributed by atoms with van der Waals surface area (Å²) in [6.45, 7) is 0. The van der Waals surface area contributed by atoms with Gasteiger partial charge in [0.1, 0.15) is 11.5 Å². The first-order valence-corrected chi connectivity index (χ1v) is 24.4. The molecule has 0 amide bonds. The van der Waals surface area contributed by atoms with E-state index >= 15 is 0 Å². The molecule has 0 N–H and O–H groups in total. The molecule has 3 heteroatoms. The summed E-state index contributed by atoms with van der Waals surface area (Å²) in [5, 5.41) is 7.65. The van der Waals surface area contributed by atoms with Crippen LogP contribution < -0.4 is 4.74 Å². The fourth-order valence-corrected chi connectivity index (χ4v) is 9.84. The molecule has 3 aliphatic rings. The number of para-hydroxylation sites is 4. The highest BCUT2D eigenvalue weighted by molar-refractivity contribution is 6.11. The van der Waals surface area contributed by atoms with Crippen LogP contribution in [0.25, 0.3) is 54.5 Å². The summed E-state index contributed by atoms with van der Waals surface area (Å²) in [7, 11) is 0. The number of aryl methyl sites for hydroxylation is 2. The Labute approximate surface area is 415 Å². The van der Waals surface area contributed by atoms with E-state index in [4.69, 9.17) is 4.74 Å². The highest BCUT2D eigenvalue weighted by atomic mass is 16.5. The van der Waals surface area contributed by atoms with Gasteiger partial charge in [-0.05, 0) is 128 Å². The Morgan fingerprint density at radius 2 is 0.577 bits per heavy atom. The fourth-order valence-electron chi connectivity index (χ4n) is 9.84. The monoisotopic (exact) mass is 913 g/mol. The van der Waals surface area contributed by atoms with Crippen molar-refractivity contribution in [3.8, 4) is 22.6 Å². The number of hydrogen-bond donors (Lipinski definition) is 0. The smallest absolute Gasteiger partial charge is 0.193 e. The minimum Gasteiger partial charge on any atom is -0.457 e. The van der Waals surface area contributed by atoms with E-state index in [1.807, 2.05) is 97.1 Å². The fraction of sp³-hybridized carbons (Fsp3) is 0.0588. The van der Waals surface area contributed by atoms with Gasteiger partial charge in [0.15, 0.2) is 5.78 Å². The lowest BCUT2D eigenvalue weighted by Gasteiger charge is -2.19. The average molecular weight is 914 g/mol. The molecule has 0 saturated carbocycles. The summed E-state index contributed by atoms with van der Waals surface area (Å²) in [6, 6.07) is 89.5. The molecular formula is C68H51NO2. The Hall–Kier alpha value is -8.92. The molecule has 71 heavy (non-hydrogen) atoms. The van der Waals surface area contributed by atoms with Crippen molar-refractivity contribution in [1.82, 2.24) is 4.98 Å². The normalized spacial score (nSPS) is 12.1. The van der Waals surface area contributed by atoms with Gasteiger partial charge in [-0.1, -0.05) is 218 Å². The number of rotatable bonds is 0. The number of benzene rings is 11. The van der Waals surface area contributed by atoms with Crippen LogP contribution in [-0.2, 0) is 25.7 Å². The number of hydrogen-bond acceptors (Lipinski definition) is 3. The van der Waals surface area contributed by atoms with Crippen LogP contribution in [0.3, 0.4) is 0 Å². The SMILES string of the molecule is O=C1c2ccccc2CCc2ccccc21.c1ccc2c(c1)Cc1ccccc1-2.c1ccc2c(c1)Cc1ccccc1O2.c1ccc2cc3ccccc3cc2c1.c1ccc2nc3ccccc3cc2c1.